The van der Waals surface area contributed by atoms with Crippen LogP contribution >= 0.6 is 12.6 Å². The summed E-state index contributed by atoms with van der Waals surface area (Å²) in [4.78, 5) is 0. The van der Waals surface area contributed by atoms with E-state index >= 15 is 0 Å². The van der Waals surface area contributed by atoms with Crippen molar-refractivity contribution in [1.29, 1.82) is 0 Å². The second-order valence-corrected chi connectivity index (χ2v) is 2.51. The zero-order chi connectivity index (χ0) is 6.69. The Balaban J connectivity index is 2.23. The van der Waals surface area contributed by atoms with Gasteiger partial charge in [-0.1, -0.05) is 0 Å². The molecule has 1 heterocycles. The molecule has 1 rings (SSSR count). The molecule has 0 amide bonds. The summed E-state index contributed by atoms with van der Waals surface area (Å²) in [6, 6.07) is 0. The molecule has 0 saturated carbocycles. The first kappa shape index (κ1) is 7.34. The number of ether oxygens (including phenoxy) is 2. The maximum atomic E-state index is 8.57. The van der Waals surface area contributed by atoms with Gasteiger partial charge in [0.05, 0.1) is 19.8 Å². The molecule has 54 valence electrons. The van der Waals surface area contributed by atoms with Crippen molar-refractivity contribution in [1.82, 2.24) is 0 Å². The van der Waals surface area contributed by atoms with E-state index in [2.05, 4.69) is 12.6 Å². The second-order valence-electron chi connectivity index (χ2n) is 1.93. The minimum Gasteiger partial charge on any atom is -0.394 e. The van der Waals surface area contributed by atoms with Crippen LogP contribution in [0.4, 0.5) is 0 Å². The summed E-state index contributed by atoms with van der Waals surface area (Å²) >= 11 is 4.02. The van der Waals surface area contributed by atoms with Crippen LogP contribution in [0.3, 0.4) is 0 Å². The lowest BCUT2D eigenvalue weighted by atomic mass is 10.4. The summed E-state index contributed by atoms with van der Waals surface area (Å²) in [5, 5.41) is 8.57. The fourth-order valence-corrected chi connectivity index (χ4v) is 0.974. The molecule has 1 saturated heterocycles. The molecule has 0 aliphatic carbocycles. The standard InChI is InChI=1S/C5H10O3S/c6-1-4-2-7-3-5(9)8-4/h4-6,9H,1-3H2/t4-,5+/m1/s1. The van der Waals surface area contributed by atoms with Crippen LogP contribution in [0.25, 0.3) is 0 Å². The molecular weight excluding hydrogens is 140 g/mol. The van der Waals surface area contributed by atoms with Gasteiger partial charge in [0.25, 0.3) is 0 Å². The first-order valence-electron chi connectivity index (χ1n) is 2.85. The molecule has 0 unspecified atom stereocenters. The van der Waals surface area contributed by atoms with Crippen LogP contribution < -0.4 is 0 Å². The molecule has 0 aromatic heterocycles. The number of hydrogen-bond acceptors (Lipinski definition) is 4. The maximum absolute atomic E-state index is 8.57. The maximum Gasteiger partial charge on any atom is 0.124 e. The zero-order valence-electron chi connectivity index (χ0n) is 4.99. The topological polar surface area (TPSA) is 38.7 Å². The smallest absolute Gasteiger partial charge is 0.124 e. The van der Waals surface area contributed by atoms with Crippen molar-refractivity contribution in [3.8, 4) is 0 Å². The highest BCUT2D eigenvalue weighted by Crippen LogP contribution is 2.09. The Morgan fingerprint density at radius 1 is 1.56 bits per heavy atom. The molecule has 0 aromatic rings. The summed E-state index contributed by atoms with van der Waals surface area (Å²) < 4.78 is 10.1. The van der Waals surface area contributed by atoms with Crippen molar-refractivity contribution in [2.24, 2.45) is 0 Å². The molecule has 2 atom stereocenters. The van der Waals surface area contributed by atoms with Gasteiger partial charge in [-0.3, -0.25) is 0 Å². The predicted molar refractivity (Wildman–Crippen MR) is 35.6 cm³/mol. The lowest BCUT2D eigenvalue weighted by Gasteiger charge is -2.25. The SMILES string of the molecule is OC[C@@H]1COC[C@H](S)O1. The Bertz CT molecular complexity index is 88.3. The van der Waals surface area contributed by atoms with Gasteiger partial charge >= 0.3 is 0 Å². The van der Waals surface area contributed by atoms with Crippen molar-refractivity contribution in [2.75, 3.05) is 19.8 Å². The van der Waals surface area contributed by atoms with Crippen molar-refractivity contribution in [3.63, 3.8) is 0 Å². The van der Waals surface area contributed by atoms with E-state index in [1.807, 2.05) is 0 Å². The van der Waals surface area contributed by atoms with Crippen LogP contribution in [0.2, 0.25) is 0 Å². The highest BCUT2D eigenvalue weighted by Gasteiger charge is 2.18. The fraction of sp³-hybridized carbons (Fsp3) is 1.00. The summed E-state index contributed by atoms with van der Waals surface area (Å²) in [5.74, 6) is 0. The Kier molecular flexibility index (Phi) is 2.78. The van der Waals surface area contributed by atoms with Crippen LogP contribution in [0.5, 0.6) is 0 Å². The van der Waals surface area contributed by atoms with Crippen molar-refractivity contribution >= 4 is 12.6 Å². The van der Waals surface area contributed by atoms with Gasteiger partial charge in [0, 0.05) is 0 Å². The molecule has 0 bridgehead atoms. The van der Waals surface area contributed by atoms with Gasteiger partial charge < -0.3 is 14.6 Å². The summed E-state index contributed by atoms with van der Waals surface area (Å²) in [6.45, 7) is 1.00. The lowest BCUT2D eigenvalue weighted by Crippen LogP contribution is -2.35. The molecule has 1 aliphatic rings. The highest BCUT2D eigenvalue weighted by atomic mass is 32.1. The fourth-order valence-electron chi connectivity index (χ4n) is 0.697. The zero-order valence-corrected chi connectivity index (χ0v) is 5.88. The van der Waals surface area contributed by atoms with Crippen LogP contribution in [-0.2, 0) is 9.47 Å². The monoisotopic (exact) mass is 150 g/mol. The molecule has 3 nitrogen and oxygen atoms in total. The van der Waals surface area contributed by atoms with Gasteiger partial charge in [0.1, 0.15) is 11.5 Å². The van der Waals surface area contributed by atoms with Crippen molar-refractivity contribution in [3.05, 3.63) is 0 Å². The molecule has 4 heteroatoms. The molecule has 9 heavy (non-hydrogen) atoms. The van der Waals surface area contributed by atoms with Gasteiger partial charge in [-0.2, -0.15) is 0 Å². The number of aliphatic hydroxyl groups excluding tert-OH is 1. The van der Waals surface area contributed by atoms with Gasteiger partial charge in [-0.25, -0.2) is 0 Å². The Hall–Kier alpha value is 0.230. The summed E-state index contributed by atoms with van der Waals surface area (Å²) in [5.41, 5.74) is -0.170. The van der Waals surface area contributed by atoms with E-state index in [1.165, 1.54) is 0 Å². The van der Waals surface area contributed by atoms with Crippen LogP contribution in [0.1, 0.15) is 0 Å². The van der Waals surface area contributed by atoms with Gasteiger partial charge in [-0.15, -0.1) is 12.6 Å². The van der Waals surface area contributed by atoms with Crippen LogP contribution in [-0.4, -0.2) is 36.5 Å². The minimum atomic E-state index is -0.179. The Morgan fingerprint density at radius 3 is 2.78 bits per heavy atom. The lowest BCUT2D eigenvalue weighted by molar-refractivity contribution is -0.118. The van der Waals surface area contributed by atoms with Crippen LogP contribution in [0.15, 0.2) is 0 Å². The van der Waals surface area contributed by atoms with Gasteiger partial charge in [0.15, 0.2) is 0 Å². The third kappa shape index (κ3) is 2.14. The Labute approximate surface area is 59.4 Å². The van der Waals surface area contributed by atoms with E-state index in [0.717, 1.165) is 0 Å². The van der Waals surface area contributed by atoms with E-state index in [0.29, 0.717) is 13.2 Å². The molecular formula is C5H10O3S. The third-order valence-electron chi connectivity index (χ3n) is 1.12. The molecule has 0 aromatic carbocycles. The minimum absolute atomic E-state index is 0.0110. The van der Waals surface area contributed by atoms with Crippen molar-refractivity contribution < 1.29 is 14.6 Å². The number of hydrogen-bond donors (Lipinski definition) is 2. The number of aliphatic hydroxyl groups is 1. The van der Waals surface area contributed by atoms with E-state index in [9.17, 15) is 0 Å². The normalized spacial score (nSPS) is 36.7. The Morgan fingerprint density at radius 2 is 2.33 bits per heavy atom. The van der Waals surface area contributed by atoms with E-state index < -0.39 is 0 Å². The van der Waals surface area contributed by atoms with Gasteiger partial charge in [-0.05, 0) is 0 Å². The second kappa shape index (κ2) is 3.41. The quantitative estimate of drug-likeness (QED) is 0.502. The molecule has 1 N–H and O–H groups in total. The van der Waals surface area contributed by atoms with E-state index in [1.54, 1.807) is 0 Å². The predicted octanol–water partition coefficient (Wildman–Crippen LogP) is -0.350. The number of thiol groups is 1. The first-order chi connectivity index (χ1) is 4.33. The molecule has 1 aliphatic heterocycles. The first-order valence-corrected chi connectivity index (χ1v) is 3.36. The van der Waals surface area contributed by atoms with Crippen molar-refractivity contribution in [2.45, 2.75) is 11.5 Å². The average molecular weight is 150 g/mol. The average Bonchev–Trinajstić information content (AvgIpc) is 1.88. The highest BCUT2D eigenvalue weighted by molar-refractivity contribution is 7.80. The third-order valence-corrected chi connectivity index (χ3v) is 1.39. The van der Waals surface area contributed by atoms with Gasteiger partial charge in [0.2, 0.25) is 0 Å². The molecule has 0 spiro atoms. The van der Waals surface area contributed by atoms with Crippen LogP contribution in [0, 0.1) is 0 Å². The number of rotatable bonds is 1. The molecule has 0 radical (unpaired) electrons. The largest absolute Gasteiger partial charge is 0.394 e. The summed E-state index contributed by atoms with van der Waals surface area (Å²) in [6.07, 6.45) is -0.179. The summed E-state index contributed by atoms with van der Waals surface area (Å²) in [7, 11) is 0. The molecule has 1 fully saturated rings. The van der Waals surface area contributed by atoms with E-state index in [4.69, 9.17) is 14.6 Å². The van der Waals surface area contributed by atoms with E-state index in [-0.39, 0.29) is 18.1 Å².